The maximum Gasteiger partial charge on any atom is 0.243 e. The van der Waals surface area contributed by atoms with Gasteiger partial charge in [-0.2, -0.15) is 0 Å². The Labute approximate surface area is 185 Å². The average Bonchev–Trinajstić information content (AvgIpc) is 2.78. The molecule has 31 heavy (non-hydrogen) atoms. The number of sulfone groups is 1. The van der Waals surface area contributed by atoms with Gasteiger partial charge >= 0.3 is 0 Å². The van der Waals surface area contributed by atoms with E-state index in [1.807, 2.05) is 0 Å². The van der Waals surface area contributed by atoms with Crippen molar-refractivity contribution < 1.29 is 22.7 Å². The lowest BCUT2D eigenvalue weighted by atomic mass is 10.2. The maximum atomic E-state index is 12.9. The van der Waals surface area contributed by atoms with E-state index in [1.165, 1.54) is 32.4 Å². The average molecular weight is 461 g/mol. The van der Waals surface area contributed by atoms with Crippen molar-refractivity contribution in [3.63, 3.8) is 0 Å². The van der Waals surface area contributed by atoms with Crippen LogP contribution in [0.5, 0.6) is 11.5 Å². The van der Waals surface area contributed by atoms with Crippen LogP contribution in [0.4, 0.5) is 11.4 Å². The van der Waals surface area contributed by atoms with Crippen LogP contribution in [0.1, 0.15) is 0 Å². The van der Waals surface area contributed by atoms with Gasteiger partial charge in [0, 0.05) is 11.8 Å². The smallest absolute Gasteiger partial charge is 0.243 e. The zero-order valence-electron chi connectivity index (χ0n) is 16.9. The highest BCUT2D eigenvalue weighted by atomic mass is 35.5. The van der Waals surface area contributed by atoms with Crippen LogP contribution in [0.25, 0.3) is 0 Å². The van der Waals surface area contributed by atoms with E-state index in [1.54, 1.807) is 48.5 Å². The molecule has 0 spiro atoms. The van der Waals surface area contributed by atoms with Gasteiger partial charge in [0.05, 0.1) is 41.3 Å². The summed E-state index contributed by atoms with van der Waals surface area (Å²) in [6.07, 6.45) is 0. The number of carbonyl (C=O) groups is 1. The second-order valence-corrected chi connectivity index (χ2v) is 8.70. The van der Waals surface area contributed by atoms with Gasteiger partial charge in [-0.25, -0.2) is 8.42 Å². The van der Waals surface area contributed by atoms with E-state index in [4.69, 9.17) is 21.1 Å². The van der Waals surface area contributed by atoms with Crippen LogP contribution < -0.4 is 20.1 Å². The molecule has 0 aliphatic heterocycles. The van der Waals surface area contributed by atoms with Crippen molar-refractivity contribution in [1.29, 1.82) is 0 Å². The van der Waals surface area contributed by atoms with E-state index in [-0.39, 0.29) is 27.3 Å². The minimum Gasteiger partial charge on any atom is -0.493 e. The SMILES string of the molecule is COc1ccc(NC(=O)CNc2cccc(S(=O)(=O)c3ccccc3)c2Cl)cc1OC. The van der Waals surface area contributed by atoms with Crippen LogP contribution in [0.2, 0.25) is 5.02 Å². The van der Waals surface area contributed by atoms with Gasteiger partial charge in [0.25, 0.3) is 0 Å². The topological polar surface area (TPSA) is 93.7 Å². The highest BCUT2D eigenvalue weighted by Crippen LogP contribution is 2.33. The molecule has 3 rings (SSSR count). The normalized spacial score (nSPS) is 10.9. The Balaban J connectivity index is 1.73. The number of nitrogens with one attached hydrogen (secondary N) is 2. The van der Waals surface area contributed by atoms with Gasteiger partial charge in [0.2, 0.25) is 15.7 Å². The van der Waals surface area contributed by atoms with E-state index in [2.05, 4.69) is 10.6 Å². The van der Waals surface area contributed by atoms with Gasteiger partial charge in [0.1, 0.15) is 0 Å². The number of hydrogen-bond acceptors (Lipinski definition) is 6. The van der Waals surface area contributed by atoms with Crippen molar-refractivity contribution in [2.24, 2.45) is 0 Å². The molecule has 0 aromatic heterocycles. The Morgan fingerprint density at radius 1 is 0.935 bits per heavy atom. The molecule has 0 aliphatic carbocycles. The van der Waals surface area contributed by atoms with E-state index in [9.17, 15) is 13.2 Å². The first-order chi connectivity index (χ1) is 14.9. The molecule has 162 valence electrons. The van der Waals surface area contributed by atoms with Crippen molar-refractivity contribution in [3.05, 3.63) is 71.8 Å². The van der Waals surface area contributed by atoms with Crippen LogP contribution in [-0.4, -0.2) is 35.1 Å². The minimum atomic E-state index is -3.79. The molecule has 0 unspecified atom stereocenters. The van der Waals surface area contributed by atoms with Gasteiger partial charge in [-0.3, -0.25) is 4.79 Å². The lowest BCUT2D eigenvalue weighted by molar-refractivity contribution is -0.114. The number of benzene rings is 3. The summed E-state index contributed by atoms with van der Waals surface area (Å²) in [5, 5.41) is 5.63. The van der Waals surface area contributed by atoms with E-state index < -0.39 is 9.84 Å². The molecule has 0 saturated carbocycles. The summed E-state index contributed by atoms with van der Waals surface area (Å²) in [5.41, 5.74) is 0.858. The van der Waals surface area contributed by atoms with E-state index >= 15 is 0 Å². The summed E-state index contributed by atoms with van der Waals surface area (Å²) in [6.45, 7) is -0.122. The van der Waals surface area contributed by atoms with Crippen LogP contribution in [0.15, 0.2) is 76.5 Å². The number of methoxy groups -OCH3 is 2. The Morgan fingerprint density at radius 2 is 1.65 bits per heavy atom. The zero-order valence-corrected chi connectivity index (χ0v) is 18.5. The van der Waals surface area contributed by atoms with Gasteiger partial charge in [-0.1, -0.05) is 35.9 Å². The lowest BCUT2D eigenvalue weighted by Gasteiger charge is -2.13. The molecule has 0 heterocycles. The molecule has 2 N–H and O–H groups in total. The molecule has 9 heteroatoms. The third-order valence-electron chi connectivity index (χ3n) is 4.41. The summed E-state index contributed by atoms with van der Waals surface area (Å²) in [5.74, 6) is 0.677. The number of hydrogen-bond donors (Lipinski definition) is 2. The number of halogens is 1. The standard InChI is InChI=1S/C22H21ClN2O5S/c1-29-18-12-11-15(13-19(18)30-2)25-21(26)14-24-17-9-6-10-20(22(17)23)31(27,28)16-7-4-3-5-8-16/h3-13,24H,14H2,1-2H3,(H,25,26). The predicted octanol–water partition coefficient (Wildman–Crippen LogP) is 4.24. The van der Waals surface area contributed by atoms with Gasteiger partial charge in [0.15, 0.2) is 11.5 Å². The van der Waals surface area contributed by atoms with Gasteiger partial charge in [-0.05, 0) is 36.4 Å². The second kappa shape index (κ2) is 9.72. The first kappa shape index (κ1) is 22.5. The van der Waals surface area contributed by atoms with Crippen molar-refractivity contribution in [2.45, 2.75) is 9.79 Å². The summed E-state index contributed by atoms with van der Waals surface area (Å²) in [4.78, 5) is 12.5. The Morgan fingerprint density at radius 3 is 2.32 bits per heavy atom. The molecule has 0 radical (unpaired) electrons. The highest BCUT2D eigenvalue weighted by molar-refractivity contribution is 7.91. The van der Waals surface area contributed by atoms with Crippen molar-refractivity contribution in [2.75, 3.05) is 31.4 Å². The molecular weight excluding hydrogens is 440 g/mol. The molecule has 0 saturated heterocycles. The van der Waals surface area contributed by atoms with Crippen LogP contribution >= 0.6 is 11.6 Å². The first-order valence-electron chi connectivity index (χ1n) is 9.21. The zero-order chi connectivity index (χ0) is 22.4. The number of ether oxygens (including phenoxy) is 2. The Bertz CT molecular complexity index is 1180. The fraction of sp³-hybridized carbons (Fsp3) is 0.136. The molecule has 0 atom stereocenters. The minimum absolute atomic E-state index is 0.0188. The van der Waals surface area contributed by atoms with E-state index in [0.29, 0.717) is 22.9 Å². The largest absolute Gasteiger partial charge is 0.493 e. The number of carbonyl (C=O) groups excluding carboxylic acids is 1. The van der Waals surface area contributed by atoms with Crippen molar-refractivity contribution >= 4 is 38.7 Å². The third-order valence-corrected chi connectivity index (χ3v) is 6.74. The summed E-state index contributed by atoms with van der Waals surface area (Å²) in [6, 6.07) is 17.6. The quantitative estimate of drug-likeness (QED) is 0.522. The first-order valence-corrected chi connectivity index (χ1v) is 11.1. The molecule has 3 aromatic carbocycles. The van der Waals surface area contributed by atoms with Crippen LogP contribution in [0.3, 0.4) is 0 Å². The number of anilines is 2. The second-order valence-electron chi connectivity index (χ2n) is 6.41. The van der Waals surface area contributed by atoms with E-state index in [0.717, 1.165) is 0 Å². The highest BCUT2D eigenvalue weighted by Gasteiger charge is 2.22. The third kappa shape index (κ3) is 5.10. The molecular formula is C22H21ClN2O5S. The molecule has 0 aliphatic rings. The summed E-state index contributed by atoms with van der Waals surface area (Å²) >= 11 is 6.36. The van der Waals surface area contributed by atoms with Crippen LogP contribution in [-0.2, 0) is 14.6 Å². The monoisotopic (exact) mass is 460 g/mol. The van der Waals surface area contributed by atoms with Crippen molar-refractivity contribution in [3.8, 4) is 11.5 Å². The molecule has 3 aromatic rings. The Hall–Kier alpha value is -3.23. The molecule has 0 bridgehead atoms. The Kier molecular flexibility index (Phi) is 7.04. The lowest BCUT2D eigenvalue weighted by Crippen LogP contribution is -2.22. The van der Waals surface area contributed by atoms with Crippen LogP contribution in [0, 0.1) is 0 Å². The fourth-order valence-electron chi connectivity index (χ4n) is 2.88. The fourth-order valence-corrected chi connectivity index (χ4v) is 4.75. The van der Waals surface area contributed by atoms with Gasteiger partial charge in [-0.15, -0.1) is 0 Å². The number of amides is 1. The summed E-state index contributed by atoms with van der Waals surface area (Å²) in [7, 11) is -0.765. The van der Waals surface area contributed by atoms with Crippen molar-refractivity contribution in [1.82, 2.24) is 0 Å². The molecule has 7 nitrogen and oxygen atoms in total. The molecule has 0 fully saturated rings. The predicted molar refractivity (Wildman–Crippen MR) is 120 cm³/mol. The summed E-state index contributed by atoms with van der Waals surface area (Å²) < 4.78 is 36.2. The number of rotatable bonds is 8. The molecule has 1 amide bonds. The maximum absolute atomic E-state index is 12.9. The van der Waals surface area contributed by atoms with Gasteiger partial charge < -0.3 is 20.1 Å².